The first kappa shape index (κ1) is 19.1. The highest BCUT2D eigenvalue weighted by atomic mass is 16.6. The number of furan rings is 1. The Kier molecular flexibility index (Phi) is 3.72. The van der Waals surface area contributed by atoms with Gasteiger partial charge in [0.15, 0.2) is 6.10 Å². The second-order valence-corrected chi connectivity index (χ2v) is 10.1. The lowest BCUT2D eigenvalue weighted by atomic mass is 9.39. The van der Waals surface area contributed by atoms with Gasteiger partial charge in [-0.15, -0.1) is 0 Å². The van der Waals surface area contributed by atoms with E-state index >= 15 is 0 Å². The molecule has 1 aromatic heterocycles. The van der Waals surface area contributed by atoms with Crippen LogP contribution >= 0.6 is 0 Å². The molecule has 0 aromatic carbocycles. The van der Waals surface area contributed by atoms with Gasteiger partial charge in [-0.25, -0.2) is 0 Å². The summed E-state index contributed by atoms with van der Waals surface area (Å²) >= 11 is 0. The maximum Gasteiger partial charge on any atom is 0.314 e. The Morgan fingerprint density at radius 1 is 1.31 bits per heavy atom. The van der Waals surface area contributed by atoms with Crippen molar-refractivity contribution >= 4 is 11.9 Å². The minimum atomic E-state index is -1.57. The van der Waals surface area contributed by atoms with Crippen molar-refractivity contribution < 1.29 is 33.7 Å². The number of ether oxygens (including phenoxy) is 2. The van der Waals surface area contributed by atoms with E-state index in [1.807, 2.05) is 20.8 Å². The van der Waals surface area contributed by atoms with E-state index in [1.165, 1.54) is 6.92 Å². The molecule has 29 heavy (non-hydrogen) atoms. The summed E-state index contributed by atoms with van der Waals surface area (Å²) in [6.07, 6.45) is 0.544. The number of carbonyl (C=O) groups excluding carboxylic acids is 2. The maximum atomic E-state index is 13.0. The number of fused-ring (bicyclic) bond motifs is 4. The average Bonchev–Trinajstić information content (AvgIpc) is 3.24. The summed E-state index contributed by atoms with van der Waals surface area (Å²) in [5, 5.41) is 23.6. The summed E-state index contributed by atoms with van der Waals surface area (Å²) in [4.78, 5) is 25.0. The van der Waals surface area contributed by atoms with Crippen molar-refractivity contribution in [3.63, 3.8) is 0 Å². The van der Waals surface area contributed by atoms with Crippen LogP contribution in [0, 0.1) is 22.7 Å². The Balaban J connectivity index is 1.77. The molecule has 0 radical (unpaired) electrons. The number of aliphatic hydroxyl groups excluding tert-OH is 1. The lowest BCUT2D eigenvalue weighted by Crippen LogP contribution is -2.79. The monoisotopic (exact) mass is 404 g/mol. The Labute approximate surface area is 169 Å². The smallest absolute Gasteiger partial charge is 0.314 e. The first-order valence-corrected chi connectivity index (χ1v) is 10.4. The van der Waals surface area contributed by atoms with Crippen LogP contribution in [0.1, 0.15) is 57.8 Å². The molecule has 8 atom stereocenters. The van der Waals surface area contributed by atoms with E-state index in [0.29, 0.717) is 25.0 Å². The van der Waals surface area contributed by atoms with Gasteiger partial charge in [-0.05, 0) is 30.2 Å². The van der Waals surface area contributed by atoms with Crippen LogP contribution in [0.25, 0.3) is 0 Å². The Bertz CT molecular complexity index is 887. The lowest BCUT2D eigenvalue weighted by molar-refractivity contribution is -0.330. The predicted octanol–water partition coefficient (Wildman–Crippen LogP) is 1.94. The lowest BCUT2D eigenvalue weighted by Gasteiger charge is -2.68. The third-order valence-corrected chi connectivity index (χ3v) is 8.62. The quantitative estimate of drug-likeness (QED) is 0.689. The highest BCUT2D eigenvalue weighted by Crippen LogP contribution is 2.69. The summed E-state index contributed by atoms with van der Waals surface area (Å²) in [6, 6.07) is 1.80. The molecule has 1 saturated heterocycles. The summed E-state index contributed by atoms with van der Waals surface area (Å²) in [7, 11) is 0. The van der Waals surface area contributed by atoms with Crippen LogP contribution in [0.15, 0.2) is 16.7 Å². The normalized spacial score (nSPS) is 46.9. The molecule has 2 heterocycles. The molecule has 158 valence electrons. The van der Waals surface area contributed by atoms with E-state index in [-0.39, 0.29) is 17.8 Å². The van der Waals surface area contributed by atoms with Crippen LogP contribution in [-0.4, -0.2) is 46.1 Å². The van der Waals surface area contributed by atoms with Crippen molar-refractivity contribution in [3.05, 3.63) is 23.7 Å². The number of rotatable bonds is 1. The average molecular weight is 404 g/mol. The van der Waals surface area contributed by atoms with Crippen molar-refractivity contribution in [2.24, 2.45) is 22.7 Å². The molecule has 4 aliphatic rings. The first-order valence-electron chi connectivity index (χ1n) is 10.4. The van der Waals surface area contributed by atoms with Crippen LogP contribution in [0.4, 0.5) is 0 Å². The fraction of sp³-hybridized carbons (Fsp3) is 0.727. The molecular weight excluding hydrogens is 376 g/mol. The van der Waals surface area contributed by atoms with Gasteiger partial charge in [-0.2, -0.15) is 0 Å². The van der Waals surface area contributed by atoms with Crippen LogP contribution in [0.2, 0.25) is 0 Å². The summed E-state index contributed by atoms with van der Waals surface area (Å²) in [5.41, 5.74) is -2.44. The number of hydrogen-bond donors (Lipinski definition) is 2. The van der Waals surface area contributed by atoms with Crippen molar-refractivity contribution in [1.29, 1.82) is 0 Å². The molecule has 0 unspecified atom stereocenters. The summed E-state index contributed by atoms with van der Waals surface area (Å²) in [6.45, 7) is 7.04. The Hall–Kier alpha value is -1.86. The molecule has 1 aromatic rings. The molecule has 7 nitrogen and oxygen atoms in total. The molecule has 2 N–H and O–H groups in total. The second kappa shape index (κ2) is 5.64. The highest BCUT2D eigenvalue weighted by molar-refractivity contribution is 5.82. The number of carbonyl (C=O) groups is 2. The van der Waals surface area contributed by atoms with Crippen molar-refractivity contribution in [2.45, 2.75) is 76.8 Å². The van der Waals surface area contributed by atoms with E-state index in [0.717, 1.165) is 5.56 Å². The van der Waals surface area contributed by atoms with E-state index in [1.54, 1.807) is 12.3 Å². The van der Waals surface area contributed by atoms with Crippen LogP contribution < -0.4 is 0 Å². The molecule has 7 heteroatoms. The van der Waals surface area contributed by atoms with Crippen molar-refractivity contribution in [3.8, 4) is 0 Å². The number of esters is 2. The van der Waals surface area contributed by atoms with Gasteiger partial charge in [0.2, 0.25) is 0 Å². The van der Waals surface area contributed by atoms with Crippen LogP contribution in [0.3, 0.4) is 0 Å². The van der Waals surface area contributed by atoms with Crippen molar-refractivity contribution in [1.82, 2.24) is 0 Å². The summed E-state index contributed by atoms with van der Waals surface area (Å²) in [5.74, 6) is -1.31. The molecule has 3 aliphatic carbocycles. The largest absolute Gasteiger partial charge is 0.469 e. The molecule has 3 fully saturated rings. The Morgan fingerprint density at radius 3 is 2.72 bits per heavy atom. The molecule has 0 amide bonds. The highest BCUT2D eigenvalue weighted by Gasteiger charge is 2.78. The van der Waals surface area contributed by atoms with E-state index in [2.05, 4.69) is 0 Å². The molecule has 5 rings (SSSR count). The predicted molar refractivity (Wildman–Crippen MR) is 99.6 cm³/mol. The zero-order valence-corrected chi connectivity index (χ0v) is 17.2. The zero-order valence-electron chi connectivity index (χ0n) is 17.2. The van der Waals surface area contributed by atoms with Gasteiger partial charge in [-0.3, -0.25) is 9.59 Å². The minimum absolute atomic E-state index is 0.256. The topological polar surface area (TPSA) is 106 Å². The van der Waals surface area contributed by atoms with E-state index < -0.39 is 46.6 Å². The first-order chi connectivity index (χ1) is 13.5. The van der Waals surface area contributed by atoms with Crippen molar-refractivity contribution in [2.75, 3.05) is 0 Å². The molecule has 2 saturated carbocycles. The summed E-state index contributed by atoms with van der Waals surface area (Å²) < 4.78 is 17.2. The number of hydrogen-bond acceptors (Lipinski definition) is 7. The van der Waals surface area contributed by atoms with Gasteiger partial charge in [0, 0.05) is 30.2 Å². The SMILES string of the molecule is CC(=O)O[C@H]1[C@@H]2OC(=O)[C@@H]3c4ccoc4C[C@@H]([C@@H]23)[C@@]2(C)[C@@H](O)CCC(C)(C)[C@]12O. The van der Waals surface area contributed by atoms with Gasteiger partial charge in [0.05, 0.1) is 18.3 Å². The standard InChI is InChI=1S/C22H28O7/c1-10(23)28-18-17-16-12(9-13-11(6-8-27-13)15(16)19(25)29-17)21(4)14(24)5-7-20(2,3)22(18,21)26/h6,8,12,14-18,24,26H,5,7,9H2,1-4H3/t12-,14-,15+,16+,17+,18-,21-,22+/m0/s1. The third kappa shape index (κ3) is 2.05. The zero-order chi connectivity index (χ0) is 20.9. The third-order valence-electron chi connectivity index (χ3n) is 8.62. The van der Waals surface area contributed by atoms with E-state index in [4.69, 9.17) is 13.9 Å². The van der Waals surface area contributed by atoms with Crippen LogP contribution in [0.5, 0.6) is 0 Å². The molecule has 0 bridgehead atoms. The molecule has 1 aliphatic heterocycles. The molecular formula is C22H28O7. The maximum absolute atomic E-state index is 13.0. The van der Waals surface area contributed by atoms with Crippen LogP contribution in [-0.2, 0) is 25.5 Å². The van der Waals surface area contributed by atoms with E-state index in [9.17, 15) is 19.8 Å². The minimum Gasteiger partial charge on any atom is -0.469 e. The molecule has 0 spiro atoms. The van der Waals surface area contributed by atoms with Gasteiger partial charge < -0.3 is 24.1 Å². The van der Waals surface area contributed by atoms with Gasteiger partial charge in [-0.1, -0.05) is 20.8 Å². The van der Waals surface area contributed by atoms with Gasteiger partial charge >= 0.3 is 11.9 Å². The second-order valence-electron chi connectivity index (χ2n) is 10.1. The fourth-order valence-electron chi connectivity index (χ4n) is 7.19. The Morgan fingerprint density at radius 2 is 2.03 bits per heavy atom. The van der Waals surface area contributed by atoms with Gasteiger partial charge in [0.25, 0.3) is 0 Å². The number of aliphatic hydroxyl groups is 2. The fourth-order valence-corrected chi connectivity index (χ4v) is 7.19. The van der Waals surface area contributed by atoms with Gasteiger partial charge in [0.1, 0.15) is 17.5 Å².